The lowest BCUT2D eigenvalue weighted by Crippen LogP contribution is -2.38. The number of nitrogens with one attached hydrogen (secondary N) is 1. The SMILES string of the molecule is CCC1CCC(NC(=O)Cc2c(C)cc(C)cc2C)CC1. The molecule has 1 fully saturated rings. The number of carbonyl (C=O) groups excluding carboxylic acids is 1. The van der Waals surface area contributed by atoms with Gasteiger partial charge in [-0.25, -0.2) is 0 Å². The minimum absolute atomic E-state index is 0.185. The number of aryl methyl sites for hydroxylation is 3. The van der Waals surface area contributed by atoms with Crippen LogP contribution in [0.4, 0.5) is 0 Å². The molecule has 1 aromatic rings. The number of carbonyl (C=O) groups is 1. The van der Waals surface area contributed by atoms with Crippen LogP contribution < -0.4 is 5.32 Å². The predicted molar refractivity (Wildman–Crippen MR) is 88.5 cm³/mol. The minimum Gasteiger partial charge on any atom is -0.353 e. The Hall–Kier alpha value is -1.31. The van der Waals surface area contributed by atoms with Gasteiger partial charge in [-0.05, 0) is 69.1 Å². The molecule has 0 unspecified atom stereocenters. The van der Waals surface area contributed by atoms with Crippen LogP contribution in [0.15, 0.2) is 12.1 Å². The van der Waals surface area contributed by atoms with E-state index in [-0.39, 0.29) is 5.91 Å². The van der Waals surface area contributed by atoms with Crippen LogP contribution >= 0.6 is 0 Å². The Balaban J connectivity index is 1.91. The van der Waals surface area contributed by atoms with Gasteiger partial charge in [-0.15, -0.1) is 0 Å². The highest BCUT2D eigenvalue weighted by Crippen LogP contribution is 2.26. The third-order valence-corrected chi connectivity index (χ3v) is 4.97. The Labute approximate surface area is 129 Å². The molecule has 2 nitrogen and oxygen atoms in total. The second-order valence-corrected chi connectivity index (χ2v) is 6.75. The highest BCUT2D eigenvalue weighted by Gasteiger charge is 2.21. The summed E-state index contributed by atoms with van der Waals surface area (Å²) in [6.07, 6.45) is 6.63. The maximum absolute atomic E-state index is 12.3. The average molecular weight is 287 g/mol. The van der Waals surface area contributed by atoms with Crippen molar-refractivity contribution < 1.29 is 4.79 Å². The summed E-state index contributed by atoms with van der Waals surface area (Å²) >= 11 is 0. The number of hydrogen-bond acceptors (Lipinski definition) is 1. The fourth-order valence-electron chi connectivity index (χ4n) is 3.64. The van der Waals surface area contributed by atoms with Gasteiger partial charge in [0.15, 0.2) is 0 Å². The zero-order valence-corrected chi connectivity index (χ0v) is 14.0. The van der Waals surface area contributed by atoms with E-state index < -0.39 is 0 Å². The lowest BCUT2D eigenvalue weighted by molar-refractivity contribution is -0.121. The van der Waals surface area contributed by atoms with E-state index in [4.69, 9.17) is 0 Å². The maximum atomic E-state index is 12.3. The molecule has 1 amide bonds. The largest absolute Gasteiger partial charge is 0.353 e. The van der Waals surface area contributed by atoms with Crippen molar-refractivity contribution in [1.82, 2.24) is 5.32 Å². The molecule has 116 valence electrons. The van der Waals surface area contributed by atoms with Gasteiger partial charge in [0, 0.05) is 6.04 Å². The molecule has 1 aliphatic rings. The fourth-order valence-corrected chi connectivity index (χ4v) is 3.64. The zero-order valence-electron chi connectivity index (χ0n) is 14.0. The van der Waals surface area contributed by atoms with Gasteiger partial charge in [0.2, 0.25) is 5.91 Å². The van der Waals surface area contributed by atoms with E-state index in [1.807, 2.05) is 0 Å². The standard InChI is InChI=1S/C19H29NO/c1-5-16-6-8-17(9-7-16)20-19(21)12-18-14(3)10-13(2)11-15(18)4/h10-11,16-17H,5-9,12H2,1-4H3,(H,20,21). The number of benzene rings is 1. The predicted octanol–water partition coefficient (Wildman–Crippen LogP) is 4.24. The minimum atomic E-state index is 0.185. The number of amides is 1. The molecule has 21 heavy (non-hydrogen) atoms. The van der Waals surface area contributed by atoms with Crippen molar-refractivity contribution in [3.63, 3.8) is 0 Å². The highest BCUT2D eigenvalue weighted by atomic mass is 16.1. The van der Waals surface area contributed by atoms with Crippen LogP contribution in [0, 0.1) is 26.7 Å². The number of hydrogen-bond donors (Lipinski definition) is 1. The zero-order chi connectivity index (χ0) is 15.4. The second kappa shape index (κ2) is 7.11. The van der Waals surface area contributed by atoms with Gasteiger partial charge < -0.3 is 5.32 Å². The van der Waals surface area contributed by atoms with Crippen molar-refractivity contribution >= 4 is 5.91 Å². The molecule has 0 atom stereocenters. The van der Waals surface area contributed by atoms with Crippen LogP contribution in [0.1, 0.15) is 61.3 Å². The molecular formula is C19H29NO. The van der Waals surface area contributed by atoms with Crippen LogP contribution in [0.2, 0.25) is 0 Å². The molecular weight excluding hydrogens is 258 g/mol. The molecule has 0 radical (unpaired) electrons. The Morgan fingerprint density at radius 1 is 1.10 bits per heavy atom. The monoisotopic (exact) mass is 287 g/mol. The first kappa shape index (κ1) is 16.1. The van der Waals surface area contributed by atoms with E-state index in [1.54, 1.807) is 0 Å². The summed E-state index contributed by atoms with van der Waals surface area (Å²) in [6.45, 7) is 8.59. The molecule has 0 saturated heterocycles. The third kappa shape index (κ3) is 4.33. The van der Waals surface area contributed by atoms with Gasteiger partial charge in [-0.3, -0.25) is 4.79 Å². The summed E-state index contributed by atoms with van der Waals surface area (Å²) in [5, 5.41) is 3.24. The number of rotatable bonds is 4. The van der Waals surface area contributed by atoms with E-state index in [1.165, 1.54) is 41.5 Å². The van der Waals surface area contributed by atoms with Gasteiger partial charge in [0.05, 0.1) is 6.42 Å². The second-order valence-electron chi connectivity index (χ2n) is 6.75. The van der Waals surface area contributed by atoms with E-state index in [0.717, 1.165) is 18.8 Å². The van der Waals surface area contributed by atoms with Crippen molar-refractivity contribution in [2.45, 2.75) is 72.3 Å². The van der Waals surface area contributed by atoms with Crippen LogP contribution in [0.25, 0.3) is 0 Å². The molecule has 1 saturated carbocycles. The van der Waals surface area contributed by atoms with Crippen molar-refractivity contribution in [2.24, 2.45) is 5.92 Å². The van der Waals surface area contributed by atoms with Crippen LogP contribution in [-0.2, 0) is 11.2 Å². The quantitative estimate of drug-likeness (QED) is 0.881. The first-order chi connectivity index (χ1) is 9.99. The summed E-state index contributed by atoms with van der Waals surface area (Å²) in [4.78, 5) is 12.3. The first-order valence-corrected chi connectivity index (χ1v) is 8.35. The van der Waals surface area contributed by atoms with Gasteiger partial charge in [-0.2, -0.15) is 0 Å². The van der Waals surface area contributed by atoms with Gasteiger partial charge in [0.25, 0.3) is 0 Å². The summed E-state index contributed by atoms with van der Waals surface area (Å²) in [7, 11) is 0. The van der Waals surface area contributed by atoms with Crippen LogP contribution in [0.5, 0.6) is 0 Å². The molecule has 0 bridgehead atoms. The van der Waals surface area contributed by atoms with E-state index in [0.29, 0.717) is 12.5 Å². The molecule has 0 heterocycles. The smallest absolute Gasteiger partial charge is 0.224 e. The third-order valence-electron chi connectivity index (χ3n) is 4.97. The molecule has 2 rings (SSSR count). The van der Waals surface area contributed by atoms with Gasteiger partial charge in [0.1, 0.15) is 0 Å². The lowest BCUT2D eigenvalue weighted by Gasteiger charge is -2.28. The Bertz CT molecular complexity index is 475. The Morgan fingerprint density at radius 3 is 2.19 bits per heavy atom. The summed E-state index contributed by atoms with van der Waals surface area (Å²) in [5.41, 5.74) is 4.93. The van der Waals surface area contributed by atoms with Crippen molar-refractivity contribution in [3.05, 3.63) is 34.4 Å². The molecule has 0 spiro atoms. The first-order valence-electron chi connectivity index (χ1n) is 8.35. The normalized spacial score (nSPS) is 22.1. The molecule has 0 aliphatic heterocycles. The van der Waals surface area contributed by atoms with E-state index in [9.17, 15) is 4.79 Å². The van der Waals surface area contributed by atoms with Crippen molar-refractivity contribution in [1.29, 1.82) is 0 Å². The molecule has 1 aliphatic carbocycles. The Morgan fingerprint density at radius 2 is 1.67 bits per heavy atom. The molecule has 0 aromatic heterocycles. The van der Waals surface area contributed by atoms with Crippen LogP contribution in [-0.4, -0.2) is 11.9 Å². The van der Waals surface area contributed by atoms with Gasteiger partial charge in [-0.1, -0.05) is 31.0 Å². The molecule has 2 heteroatoms. The fraction of sp³-hybridized carbons (Fsp3) is 0.632. The molecule has 1 aromatic carbocycles. The lowest BCUT2D eigenvalue weighted by atomic mass is 9.84. The molecule has 1 N–H and O–H groups in total. The topological polar surface area (TPSA) is 29.1 Å². The van der Waals surface area contributed by atoms with Crippen molar-refractivity contribution in [2.75, 3.05) is 0 Å². The summed E-state index contributed by atoms with van der Waals surface area (Å²) < 4.78 is 0. The van der Waals surface area contributed by atoms with Crippen LogP contribution in [0.3, 0.4) is 0 Å². The van der Waals surface area contributed by atoms with Crippen molar-refractivity contribution in [3.8, 4) is 0 Å². The summed E-state index contributed by atoms with van der Waals surface area (Å²) in [5.74, 6) is 1.06. The van der Waals surface area contributed by atoms with E-state index >= 15 is 0 Å². The Kier molecular flexibility index (Phi) is 5.44. The average Bonchev–Trinajstić information content (AvgIpc) is 2.43. The summed E-state index contributed by atoms with van der Waals surface area (Å²) in [6, 6.07) is 4.73. The van der Waals surface area contributed by atoms with Gasteiger partial charge >= 0.3 is 0 Å². The maximum Gasteiger partial charge on any atom is 0.224 e. The van der Waals surface area contributed by atoms with E-state index in [2.05, 4.69) is 45.1 Å². The highest BCUT2D eigenvalue weighted by molar-refractivity contribution is 5.79.